The van der Waals surface area contributed by atoms with E-state index in [4.69, 9.17) is 4.74 Å². The normalized spacial score (nSPS) is 12.2. The van der Waals surface area contributed by atoms with E-state index >= 15 is 0 Å². The molecule has 9 nitrogen and oxygen atoms in total. The Balaban J connectivity index is 1.99. The molecule has 1 aromatic carbocycles. The van der Waals surface area contributed by atoms with Crippen molar-refractivity contribution in [2.24, 2.45) is 7.05 Å². The summed E-state index contributed by atoms with van der Waals surface area (Å²) < 4.78 is 8.19. The summed E-state index contributed by atoms with van der Waals surface area (Å²) in [4.78, 5) is 28.8. The molecule has 0 amide bonds. The number of benzene rings is 1. The molecule has 0 fully saturated rings. The number of hydrogen-bond donors (Lipinski definition) is 1. The lowest BCUT2D eigenvalue weighted by Gasteiger charge is -2.20. The van der Waals surface area contributed by atoms with Gasteiger partial charge in [0.05, 0.1) is 12.7 Å². The highest BCUT2D eigenvalue weighted by atomic mass is 16.5. The maximum absolute atomic E-state index is 12.3. The number of nitrogens with zero attached hydrogens (tertiary/aromatic N) is 5. The topological polar surface area (TPSA) is 108 Å². The first-order valence-corrected chi connectivity index (χ1v) is 8.17. The molecule has 2 aromatic rings. The Hall–Kier alpha value is -3.75. The van der Waals surface area contributed by atoms with Crippen LogP contribution in [0, 0.1) is 0 Å². The van der Waals surface area contributed by atoms with Gasteiger partial charge in [-0.25, -0.2) is 14.9 Å². The number of carbonyl (C=O) groups is 1. The van der Waals surface area contributed by atoms with E-state index in [0.29, 0.717) is 5.82 Å². The third-order valence-corrected chi connectivity index (χ3v) is 4.26. The lowest BCUT2D eigenvalue weighted by molar-refractivity contribution is 0.0600. The summed E-state index contributed by atoms with van der Waals surface area (Å²) in [5, 5.41) is 10.7. The molecular weight excluding hydrogens is 348 g/mol. The average Bonchev–Trinajstić information content (AvgIpc) is 3.28. The SMILES string of the molecule is COC(=O)c1cn([C@H](c2ccccc2)c2ncn(C)n2)cc2c(=O)[nH]nc1-2. The van der Waals surface area contributed by atoms with Gasteiger partial charge in [0.2, 0.25) is 0 Å². The van der Waals surface area contributed by atoms with Crippen LogP contribution in [0.1, 0.15) is 27.8 Å². The van der Waals surface area contributed by atoms with Crippen LogP contribution < -0.4 is 5.56 Å². The summed E-state index contributed by atoms with van der Waals surface area (Å²) in [5.74, 6) is -0.0542. The van der Waals surface area contributed by atoms with Crippen molar-refractivity contribution in [2.75, 3.05) is 7.11 Å². The number of aromatic nitrogens is 6. The molecule has 27 heavy (non-hydrogen) atoms. The van der Waals surface area contributed by atoms with Gasteiger partial charge in [0.25, 0.3) is 5.56 Å². The molecule has 4 rings (SSSR count). The van der Waals surface area contributed by atoms with E-state index in [2.05, 4.69) is 20.3 Å². The molecule has 3 heterocycles. The molecular formula is C18H16N6O3. The molecule has 0 saturated heterocycles. The molecule has 0 radical (unpaired) electrons. The number of rotatable bonds is 4. The Morgan fingerprint density at radius 3 is 2.67 bits per heavy atom. The number of ether oxygens (including phenoxy) is 1. The Morgan fingerprint density at radius 1 is 1.22 bits per heavy atom. The van der Waals surface area contributed by atoms with E-state index in [0.717, 1.165) is 5.56 Å². The van der Waals surface area contributed by atoms with Crippen molar-refractivity contribution in [3.05, 3.63) is 76.4 Å². The van der Waals surface area contributed by atoms with Crippen LogP contribution in [0.3, 0.4) is 0 Å². The zero-order valence-electron chi connectivity index (χ0n) is 14.7. The van der Waals surface area contributed by atoms with E-state index in [-0.39, 0.29) is 22.4 Å². The predicted molar refractivity (Wildman–Crippen MR) is 95.5 cm³/mol. The highest BCUT2D eigenvalue weighted by Crippen LogP contribution is 2.28. The number of esters is 1. The minimum Gasteiger partial charge on any atom is -0.465 e. The minimum atomic E-state index is -0.582. The first kappa shape index (κ1) is 16.7. The van der Waals surface area contributed by atoms with Gasteiger partial charge in [-0.05, 0) is 5.56 Å². The standard InChI is InChI=1S/C18H16N6O3/c1-23-10-19-16(22-23)15(11-6-4-3-5-7-11)24-8-12-14(20-21-17(12)25)13(9-24)18(26)27-2/h3-10,15H,1-2H3,(H,21,25)/t15-/m1/s1. The van der Waals surface area contributed by atoms with Crippen LogP contribution in [-0.4, -0.2) is 42.6 Å². The number of nitrogens with one attached hydrogen (secondary N) is 1. The summed E-state index contributed by atoms with van der Waals surface area (Å²) >= 11 is 0. The molecule has 0 bridgehead atoms. The van der Waals surface area contributed by atoms with E-state index in [1.165, 1.54) is 7.11 Å². The molecule has 1 aromatic heterocycles. The van der Waals surface area contributed by atoms with Crippen molar-refractivity contribution < 1.29 is 9.53 Å². The van der Waals surface area contributed by atoms with Crippen LogP contribution in [-0.2, 0) is 11.8 Å². The van der Waals surface area contributed by atoms with Crippen LogP contribution in [0.5, 0.6) is 0 Å². The molecule has 0 aliphatic carbocycles. The molecule has 0 unspecified atom stereocenters. The number of aryl methyl sites for hydroxylation is 1. The zero-order chi connectivity index (χ0) is 19.0. The fraction of sp³-hybridized carbons (Fsp3) is 0.167. The van der Waals surface area contributed by atoms with Gasteiger partial charge in [-0.1, -0.05) is 30.3 Å². The van der Waals surface area contributed by atoms with Crippen LogP contribution in [0.25, 0.3) is 11.3 Å². The predicted octanol–water partition coefficient (Wildman–Crippen LogP) is 1.23. The van der Waals surface area contributed by atoms with Crippen LogP contribution in [0.15, 0.2) is 53.8 Å². The summed E-state index contributed by atoms with van der Waals surface area (Å²) in [5.41, 5.74) is 1.26. The largest absolute Gasteiger partial charge is 0.465 e. The number of pyridine rings is 1. The summed E-state index contributed by atoms with van der Waals surface area (Å²) in [7, 11) is 3.06. The number of aromatic amines is 1. The molecule has 0 spiro atoms. The second-order valence-electron chi connectivity index (χ2n) is 6.02. The van der Waals surface area contributed by atoms with Crippen LogP contribution in [0.4, 0.5) is 0 Å². The van der Waals surface area contributed by atoms with Gasteiger partial charge in [0.15, 0.2) is 5.82 Å². The van der Waals surface area contributed by atoms with Gasteiger partial charge in [0.1, 0.15) is 23.6 Å². The summed E-state index contributed by atoms with van der Waals surface area (Å²) in [6, 6.07) is 9.15. The summed E-state index contributed by atoms with van der Waals surface area (Å²) in [6.45, 7) is 0. The molecule has 2 aliphatic rings. The highest BCUT2D eigenvalue weighted by Gasteiger charge is 2.26. The minimum absolute atomic E-state index is 0.185. The van der Waals surface area contributed by atoms with Crippen LogP contribution >= 0.6 is 0 Å². The molecule has 0 saturated carbocycles. The lowest BCUT2D eigenvalue weighted by atomic mass is 10.0. The van der Waals surface area contributed by atoms with E-state index in [1.54, 1.807) is 35.0 Å². The fourth-order valence-corrected chi connectivity index (χ4v) is 3.04. The fourth-order valence-electron chi connectivity index (χ4n) is 3.04. The Morgan fingerprint density at radius 2 is 2.00 bits per heavy atom. The molecule has 136 valence electrons. The van der Waals surface area contributed by atoms with Crippen molar-refractivity contribution >= 4 is 5.97 Å². The Bertz CT molecular complexity index is 1130. The third-order valence-electron chi connectivity index (χ3n) is 4.26. The van der Waals surface area contributed by atoms with Crippen molar-refractivity contribution in [2.45, 2.75) is 6.04 Å². The van der Waals surface area contributed by atoms with Crippen molar-refractivity contribution in [3.8, 4) is 11.3 Å². The van der Waals surface area contributed by atoms with E-state index in [9.17, 15) is 9.59 Å². The number of carbonyl (C=O) groups excluding carboxylic acids is 1. The average molecular weight is 364 g/mol. The summed E-state index contributed by atoms with van der Waals surface area (Å²) in [6.07, 6.45) is 4.84. The quantitative estimate of drug-likeness (QED) is 0.546. The maximum atomic E-state index is 12.3. The zero-order valence-corrected chi connectivity index (χ0v) is 14.7. The molecule has 9 heteroatoms. The number of fused-ring (bicyclic) bond motifs is 1. The van der Waals surface area contributed by atoms with Gasteiger partial charge in [-0.15, -0.1) is 0 Å². The first-order chi connectivity index (χ1) is 13.1. The lowest BCUT2D eigenvalue weighted by Crippen LogP contribution is -2.18. The second kappa shape index (κ2) is 6.52. The number of methoxy groups -OCH3 is 1. The van der Waals surface area contributed by atoms with Gasteiger partial charge < -0.3 is 9.30 Å². The van der Waals surface area contributed by atoms with Gasteiger partial charge >= 0.3 is 5.97 Å². The molecule has 1 atom stereocenters. The number of H-pyrrole nitrogens is 1. The van der Waals surface area contributed by atoms with Crippen molar-refractivity contribution in [3.63, 3.8) is 0 Å². The van der Waals surface area contributed by atoms with Crippen molar-refractivity contribution in [1.29, 1.82) is 0 Å². The maximum Gasteiger partial charge on any atom is 0.341 e. The van der Waals surface area contributed by atoms with Gasteiger partial charge in [0, 0.05) is 19.4 Å². The van der Waals surface area contributed by atoms with E-state index in [1.807, 2.05) is 30.3 Å². The second-order valence-corrected chi connectivity index (χ2v) is 6.02. The van der Waals surface area contributed by atoms with Gasteiger partial charge in [-0.2, -0.15) is 10.2 Å². The molecule has 2 aliphatic heterocycles. The van der Waals surface area contributed by atoms with Crippen LogP contribution in [0.2, 0.25) is 0 Å². The monoisotopic (exact) mass is 364 g/mol. The smallest absolute Gasteiger partial charge is 0.341 e. The Labute approximate surface area is 153 Å². The third kappa shape index (κ3) is 2.88. The van der Waals surface area contributed by atoms with E-state index < -0.39 is 12.0 Å². The first-order valence-electron chi connectivity index (χ1n) is 8.17. The van der Waals surface area contributed by atoms with Crippen molar-refractivity contribution in [1.82, 2.24) is 29.5 Å². The van der Waals surface area contributed by atoms with Gasteiger partial charge in [-0.3, -0.25) is 9.48 Å². The Kier molecular flexibility index (Phi) is 4.03. The number of hydrogen-bond acceptors (Lipinski definition) is 6. The highest BCUT2D eigenvalue weighted by molar-refractivity contribution is 5.96. The molecule has 1 N–H and O–H groups in total.